The molecule has 0 saturated heterocycles. The number of nitrogens with one attached hydrogen (secondary N) is 2. The van der Waals surface area contributed by atoms with E-state index in [4.69, 9.17) is 9.84 Å². The Labute approximate surface area is 192 Å². The number of carbonyl (C=O) groups is 2. The van der Waals surface area contributed by atoms with E-state index in [2.05, 4.69) is 24.4 Å². The first kappa shape index (κ1) is 24.5. The topological polar surface area (TPSA) is 160 Å². The van der Waals surface area contributed by atoms with Crippen molar-refractivity contribution in [2.45, 2.75) is 16.0 Å². The van der Waals surface area contributed by atoms with Gasteiger partial charge in [0.25, 0.3) is 10.0 Å². The SMILES string of the molecule is COc1nc(C)nc(NC(=O)NS(=O)(=O)c2cc(I)ccc2C(=O)O)n1.[CH3][Na]. The second-order valence-corrected chi connectivity index (χ2v) is 7.59. The zero-order valence-electron chi connectivity index (χ0n) is 15.3. The molecule has 0 aliphatic rings. The number of aromatic carboxylic acids is 1. The molecule has 0 bridgehead atoms. The zero-order valence-corrected chi connectivity index (χ0v) is 20.3. The van der Waals surface area contributed by atoms with E-state index in [0.29, 0.717) is 3.57 Å². The Bertz CT molecular complexity index is 988. The van der Waals surface area contributed by atoms with Crippen molar-refractivity contribution in [3.05, 3.63) is 33.2 Å². The number of carboxylic acids is 1. The monoisotopic (exact) mass is 531 g/mol. The number of nitrogens with zero attached hydrogens (tertiary/aromatic N) is 3. The number of sulfonamides is 1. The van der Waals surface area contributed by atoms with Crippen molar-refractivity contribution >= 4 is 78.5 Å². The molecule has 0 aliphatic carbocycles. The van der Waals surface area contributed by atoms with Crippen LogP contribution in [0.15, 0.2) is 23.1 Å². The van der Waals surface area contributed by atoms with Gasteiger partial charge in [0.15, 0.2) is 0 Å². The molecule has 0 saturated carbocycles. The maximum absolute atomic E-state index is 12.4. The molecule has 1 aromatic carbocycles. The zero-order chi connectivity index (χ0) is 21.5. The third-order valence-corrected chi connectivity index (χ3v) is 4.87. The molecule has 1 aromatic heterocycles. The second kappa shape index (κ2) is 10.8. The summed E-state index contributed by atoms with van der Waals surface area (Å²) in [7, 11) is -3.14. The predicted molar refractivity (Wildman–Crippen MR) is 108 cm³/mol. The van der Waals surface area contributed by atoms with E-state index < -0.39 is 32.5 Å². The summed E-state index contributed by atoms with van der Waals surface area (Å²) in [5.41, 5.74) is -0.469. The van der Waals surface area contributed by atoms with E-state index in [1.165, 1.54) is 48.0 Å². The number of urea groups is 1. The van der Waals surface area contributed by atoms with Crippen molar-refractivity contribution in [2.75, 3.05) is 12.4 Å². The van der Waals surface area contributed by atoms with Crippen molar-refractivity contribution in [2.24, 2.45) is 0 Å². The minimum absolute atomic E-state index is 0.0681. The maximum atomic E-state index is 12.4. The second-order valence-electron chi connectivity index (χ2n) is 4.70. The summed E-state index contributed by atoms with van der Waals surface area (Å²) in [5.74, 6) is -1.44. The standard InChI is InChI=1S/C13H12IN5O6S.CH3.Na/c1-6-15-11(18-13(16-6)25-2)17-12(22)19-26(23,24)9-5-7(14)3-4-8(9)10(20)21;;/h3-5H,1-2H3,(H,20,21)(H2,15,16,17,18,19,22);1H3;. The number of carbonyl (C=O) groups excluding carboxylic acids is 1. The molecule has 14 heteroatoms. The fourth-order valence-corrected chi connectivity index (χ4v) is 3.64. The van der Waals surface area contributed by atoms with Gasteiger partial charge in [0, 0.05) is 3.57 Å². The van der Waals surface area contributed by atoms with Crippen molar-refractivity contribution in [1.82, 2.24) is 19.7 Å². The average molecular weight is 531 g/mol. The Morgan fingerprint density at radius 3 is 2.43 bits per heavy atom. The van der Waals surface area contributed by atoms with Crippen LogP contribution >= 0.6 is 22.6 Å². The van der Waals surface area contributed by atoms with Gasteiger partial charge in [0.2, 0.25) is 5.95 Å². The van der Waals surface area contributed by atoms with Gasteiger partial charge in [-0.15, -0.1) is 0 Å². The molecular formula is C14H15IN5NaO6S. The molecule has 1 heterocycles. The van der Waals surface area contributed by atoms with Gasteiger partial charge in [-0.1, -0.05) is 0 Å². The molecule has 28 heavy (non-hydrogen) atoms. The Balaban J connectivity index is 0.00000190. The van der Waals surface area contributed by atoms with Gasteiger partial charge in [-0.05, 0) is 47.7 Å². The number of hydrogen-bond donors (Lipinski definition) is 3. The Morgan fingerprint density at radius 2 is 1.86 bits per heavy atom. The van der Waals surface area contributed by atoms with Crippen LogP contribution in [-0.4, -0.2) is 75.5 Å². The summed E-state index contributed by atoms with van der Waals surface area (Å²) in [5, 5.41) is 11.3. The van der Waals surface area contributed by atoms with Crippen LogP contribution in [0.5, 0.6) is 6.01 Å². The molecule has 146 valence electrons. The Morgan fingerprint density at radius 1 is 1.21 bits per heavy atom. The number of methoxy groups -OCH3 is 1. The molecule has 0 aliphatic heterocycles. The van der Waals surface area contributed by atoms with Crippen molar-refractivity contribution in [3.8, 4) is 6.01 Å². The molecule has 2 aromatic rings. The Kier molecular flexibility index (Phi) is 9.49. The van der Waals surface area contributed by atoms with Crippen LogP contribution in [0.2, 0.25) is 4.17 Å². The summed E-state index contributed by atoms with van der Waals surface area (Å²) in [6, 6.07) is 2.46. The van der Waals surface area contributed by atoms with Crippen LogP contribution in [0.4, 0.5) is 10.7 Å². The summed E-state index contributed by atoms with van der Waals surface area (Å²) in [6.45, 7) is 1.52. The molecule has 2 amide bonds. The number of benzene rings is 1. The van der Waals surface area contributed by atoms with Crippen molar-refractivity contribution in [3.63, 3.8) is 0 Å². The van der Waals surface area contributed by atoms with Crippen LogP contribution < -0.4 is 14.8 Å². The first-order valence-corrected chi connectivity index (χ1v) is 12.3. The first-order chi connectivity index (χ1) is 13.1. The number of rotatable bonds is 5. The third kappa shape index (κ3) is 6.80. The molecule has 0 fully saturated rings. The van der Waals surface area contributed by atoms with Crippen LogP contribution in [0.3, 0.4) is 0 Å². The molecule has 0 unspecified atom stereocenters. The van der Waals surface area contributed by atoms with E-state index >= 15 is 0 Å². The first-order valence-electron chi connectivity index (χ1n) is 7.75. The quantitative estimate of drug-likeness (QED) is 0.381. The van der Waals surface area contributed by atoms with E-state index in [1.54, 1.807) is 4.72 Å². The van der Waals surface area contributed by atoms with Crippen molar-refractivity contribution < 1.29 is 27.9 Å². The van der Waals surface area contributed by atoms with Crippen LogP contribution in [-0.2, 0) is 10.0 Å². The average Bonchev–Trinajstić information content (AvgIpc) is 2.61. The molecule has 0 atom stereocenters. The number of ether oxygens (including phenoxy) is 1. The van der Waals surface area contributed by atoms with Gasteiger partial charge in [-0.2, -0.15) is 15.0 Å². The van der Waals surface area contributed by atoms with Gasteiger partial charge >= 0.3 is 50.1 Å². The van der Waals surface area contributed by atoms with Crippen LogP contribution in [0, 0.1) is 10.5 Å². The number of carboxylic acid groups (broad SMARTS) is 1. The van der Waals surface area contributed by atoms with E-state index in [0.717, 1.165) is 12.1 Å². The number of halogens is 1. The van der Waals surface area contributed by atoms with Gasteiger partial charge in [0.1, 0.15) is 10.7 Å². The molecule has 11 nitrogen and oxygen atoms in total. The molecular weight excluding hydrogens is 516 g/mol. The summed E-state index contributed by atoms with van der Waals surface area (Å²) >= 11 is 3.13. The molecule has 2 rings (SSSR count). The fourth-order valence-electron chi connectivity index (χ4n) is 1.80. The number of aromatic nitrogens is 3. The number of anilines is 1. The van der Waals surface area contributed by atoms with Gasteiger partial charge in [0.05, 0.1) is 12.7 Å². The Hall–Kier alpha value is -1.55. The third-order valence-electron chi connectivity index (χ3n) is 2.83. The van der Waals surface area contributed by atoms with Gasteiger partial charge in [-0.3, -0.25) is 5.32 Å². The number of amides is 2. The normalized spacial score (nSPS) is 10.4. The van der Waals surface area contributed by atoms with E-state index in [1.807, 2.05) is 22.6 Å². The fraction of sp³-hybridized carbons (Fsp3) is 0.214. The predicted octanol–water partition coefficient (Wildman–Crippen LogP) is 1.20. The molecule has 0 spiro atoms. The van der Waals surface area contributed by atoms with Crippen LogP contribution in [0.25, 0.3) is 0 Å². The minimum atomic E-state index is -4.45. The number of hydrogen-bond acceptors (Lipinski definition) is 8. The van der Waals surface area contributed by atoms with Gasteiger partial charge < -0.3 is 9.84 Å². The summed E-state index contributed by atoms with van der Waals surface area (Å²) in [6.07, 6.45) is 0. The molecule has 0 radical (unpaired) electrons. The molecule has 3 N–H and O–H groups in total. The van der Waals surface area contributed by atoms with Gasteiger partial charge in [-0.25, -0.2) is 22.7 Å². The van der Waals surface area contributed by atoms with Crippen molar-refractivity contribution in [1.29, 1.82) is 0 Å². The van der Waals surface area contributed by atoms with E-state index in [9.17, 15) is 18.0 Å². The number of aryl methyl sites for hydroxylation is 1. The van der Waals surface area contributed by atoms with E-state index in [-0.39, 0.29) is 17.8 Å². The summed E-state index contributed by atoms with van der Waals surface area (Å²) in [4.78, 5) is 34.1. The van der Waals surface area contributed by atoms with Crippen LogP contribution in [0.1, 0.15) is 16.2 Å². The summed E-state index contributed by atoms with van der Waals surface area (Å²) < 4.78 is 33.9.